The lowest BCUT2D eigenvalue weighted by atomic mass is 10.0. The molecular formula is C11H7FN2O2. The predicted molar refractivity (Wildman–Crippen MR) is 54.4 cm³/mol. The number of aromatic carboxylic acids is 1. The molecule has 16 heavy (non-hydrogen) atoms. The van der Waals surface area contributed by atoms with E-state index in [1.165, 1.54) is 30.7 Å². The van der Waals surface area contributed by atoms with Crippen molar-refractivity contribution >= 4 is 5.97 Å². The van der Waals surface area contributed by atoms with Crippen LogP contribution in [0.15, 0.2) is 36.8 Å². The third-order valence-electron chi connectivity index (χ3n) is 2.09. The molecule has 4 nitrogen and oxygen atoms in total. The summed E-state index contributed by atoms with van der Waals surface area (Å²) in [6, 6.07) is 5.59. The monoisotopic (exact) mass is 218 g/mol. The number of aromatic nitrogens is 2. The van der Waals surface area contributed by atoms with E-state index in [1.807, 2.05) is 0 Å². The van der Waals surface area contributed by atoms with E-state index in [2.05, 4.69) is 9.97 Å². The Balaban J connectivity index is 2.66. The van der Waals surface area contributed by atoms with Crippen molar-refractivity contribution in [1.82, 2.24) is 9.97 Å². The summed E-state index contributed by atoms with van der Waals surface area (Å²) in [6.07, 6.45) is 2.75. The van der Waals surface area contributed by atoms with Crippen LogP contribution in [0.2, 0.25) is 0 Å². The fourth-order valence-electron chi connectivity index (χ4n) is 1.40. The van der Waals surface area contributed by atoms with Crippen LogP contribution in [-0.4, -0.2) is 21.0 Å². The van der Waals surface area contributed by atoms with Crippen LogP contribution in [0.3, 0.4) is 0 Å². The lowest BCUT2D eigenvalue weighted by molar-refractivity contribution is 0.0693. The molecule has 80 valence electrons. The molecule has 0 bridgehead atoms. The molecule has 0 aliphatic rings. The van der Waals surface area contributed by atoms with E-state index >= 15 is 0 Å². The van der Waals surface area contributed by atoms with Crippen LogP contribution in [0, 0.1) is 5.82 Å². The Morgan fingerprint density at radius 2 is 2.12 bits per heavy atom. The Labute approximate surface area is 90.4 Å². The highest BCUT2D eigenvalue weighted by Crippen LogP contribution is 2.23. The van der Waals surface area contributed by atoms with Gasteiger partial charge in [-0.2, -0.15) is 0 Å². The van der Waals surface area contributed by atoms with E-state index in [9.17, 15) is 9.18 Å². The van der Waals surface area contributed by atoms with E-state index in [-0.39, 0.29) is 11.1 Å². The Hall–Kier alpha value is -2.30. The summed E-state index contributed by atoms with van der Waals surface area (Å²) in [5.41, 5.74) is 0.253. The summed E-state index contributed by atoms with van der Waals surface area (Å²) in [6.45, 7) is 0. The molecule has 2 rings (SSSR count). The van der Waals surface area contributed by atoms with Gasteiger partial charge in [0, 0.05) is 11.8 Å². The smallest absolute Gasteiger partial charge is 0.339 e. The van der Waals surface area contributed by atoms with Crippen LogP contribution >= 0.6 is 0 Å². The van der Waals surface area contributed by atoms with Gasteiger partial charge in [0.25, 0.3) is 0 Å². The molecular weight excluding hydrogens is 211 g/mol. The number of carboxylic acids is 1. The zero-order valence-electron chi connectivity index (χ0n) is 8.09. The Kier molecular flexibility index (Phi) is 2.59. The second-order valence-corrected chi connectivity index (χ2v) is 3.06. The molecule has 5 heteroatoms. The van der Waals surface area contributed by atoms with Crippen LogP contribution in [-0.2, 0) is 0 Å². The van der Waals surface area contributed by atoms with Gasteiger partial charge in [-0.3, -0.25) is 0 Å². The van der Waals surface area contributed by atoms with E-state index < -0.39 is 11.8 Å². The number of hydrogen-bond donors (Lipinski definition) is 1. The van der Waals surface area contributed by atoms with Gasteiger partial charge in [-0.25, -0.2) is 19.2 Å². The SMILES string of the molecule is O=C(O)c1c(F)cccc1-c1ccncn1. The summed E-state index contributed by atoms with van der Waals surface area (Å²) in [5, 5.41) is 8.92. The fraction of sp³-hybridized carbons (Fsp3) is 0. The topological polar surface area (TPSA) is 63.1 Å². The number of carbonyl (C=O) groups is 1. The molecule has 0 aliphatic heterocycles. The first-order valence-electron chi connectivity index (χ1n) is 4.48. The van der Waals surface area contributed by atoms with Gasteiger partial charge < -0.3 is 5.11 Å². The Morgan fingerprint density at radius 1 is 1.31 bits per heavy atom. The number of halogens is 1. The molecule has 1 aromatic heterocycles. The molecule has 0 saturated carbocycles. The van der Waals surface area contributed by atoms with Gasteiger partial charge in [0.15, 0.2) is 0 Å². The third kappa shape index (κ3) is 1.75. The highest BCUT2D eigenvalue weighted by molar-refractivity contribution is 5.95. The summed E-state index contributed by atoms with van der Waals surface area (Å²) in [4.78, 5) is 18.5. The Bertz CT molecular complexity index is 529. The largest absolute Gasteiger partial charge is 0.478 e. The van der Waals surface area contributed by atoms with Crippen LogP contribution in [0.25, 0.3) is 11.3 Å². The van der Waals surface area contributed by atoms with Gasteiger partial charge in [-0.1, -0.05) is 12.1 Å². The molecule has 0 radical (unpaired) electrons. The Morgan fingerprint density at radius 3 is 2.75 bits per heavy atom. The van der Waals surface area contributed by atoms with Crippen LogP contribution in [0.5, 0.6) is 0 Å². The van der Waals surface area contributed by atoms with Crippen molar-refractivity contribution in [2.24, 2.45) is 0 Å². The number of carboxylic acid groups (broad SMARTS) is 1. The van der Waals surface area contributed by atoms with Crippen molar-refractivity contribution in [2.75, 3.05) is 0 Å². The summed E-state index contributed by atoms with van der Waals surface area (Å²) in [7, 11) is 0. The highest BCUT2D eigenvalue weighted by Gasteiger charge is 2.17. The van der Waals surface area contributed by atoms with Crippen molar-refractivity contribution in [1.29, 1.82) is 0 Å². The zero-order valence-corrected chi connectivity index (χ0v) is 8.09. The standard InChI is InChI=1S/C11H7FN2O2/c12-8-3-1-2-7(10(8)11(15)16)9-4-5-13-6-14-9/h1-6H,(H,15,16). The number of nitrogens with zero attached hydrogens (tertiary/aromatic N) is 2. The molecule has 0 aliphatic carbocycles. The van der Waals surface area contributed by atoms with E-state index in [4.69, 9.17) is 5.11 Å². The summed E-state index contributed by atoms with van der Waals surface area (Å²) in [5.74, 6) is -2.09. The average molecular weight is 218 g/mol. The van der Waals surface area contributed by atoms with Crippen molar-refractivity contribution in [3.05, 3.63) is 48.2 Å². The summed E-state index contributed by atoms with van der Waals surface area (Å²) >= 11 is 0. The summed E-state index contributed by atoms with van der Waals surface area (Å²) < 4.78 is 13.4. The molecule has 1 aromatic carbocycles. The van der Waals surface area contributed by atoms with Gasteiger partial charge in [0.2, 0.25) is 0 Å². The number of benzene rings is 1. The van der Waals surface area contributed by atoms with E-state index in [0.717, 1.165) is 6.07 Å². The predicted octanol–water partition coefficient (Wildman–Crippen LogP) is 1.98. The molecule has 0 fully saturated rings. The van der Waals surface area contributed by atoms with Crippen LogP contribution in [0.4, 0.5) is 4.39 Å². The fourth-order valence-corrected chi connectivity index (χ4v) is 1.40. The molecule has 1 heterocycles. The molecule has 0 saturated heterocycles. The van der Waals surface area contributed by atoms with E-state index in [1.54, 1.807) is 0 Å². The first-order chi connectivity index (χ1) is 7.70. The maximum atomic E-state index is 13.4. The van der Waals surface area contributed by atoms with Gasteiger partial charge >= 0.3 is 5.97 Å². The first-order valence-corrected chi connectivity index (χ1v) is 4.48. The van der Waals surface area contributed by atoms with Crippen molar-refractivity contribution in [2.45, 2.75) is 0 Å². The second-order valence-electron chi connectivity index (χ2n) is 3.06. The van der Waals surface area contributed by atoms with Crippen LogP contribution < -0.4 is 0 Å². The minimum Gasteiger partial charge on any atom is -0.478 e. The number of hydrogen-bond acceptors (Lipinski definition) is 3. The molecule has 1 N–H and O–H groups in total. The normalized spacial score (nSPS) is 10.1. The molecule has 2 aromatic rings. The maximum Gasteiger partial charge on any atom is 0.339 e. The van der Waals surface area contributed by atoms with Crippen molar-refractivity contribution < 1.29 is 14.3 Å². The van der Waals surface area contributed by atoms with Crippen molar-refractivity contribution in [3.63, 3.8) is 0 Å². The van der Waals surface area contributed by atoms with Crippen molar-refractivity contribution in [3.8, 4) is 11.3 Å². The highest BCUT2D eigenvalue weighted by atomic mass is 19.1. The van der Waals surface area contributed by atoms with Gasteiger partial charge in [0.1, 0.15) is 17.7 Å². The quantitative estimate of drug-likeness (QED) is 0.837. The lowest BCUT2D eigenvalue weighted by Gasteiger charge is -2.05. The minimum absolute atomic E-state index is 0.245. The number of rotatable bonds is 2. The molecule has 0 atom stereocenters. The lowest BCUT2D eigenvalue weighted by Crippen LogP contribution is -2.04. The molecule has 0 unspecified atom stereocenters. The maximum absolute atomic E-state index is 13.4. The third-order valence-corrected chi connectivity index (χ3v) is 2.09. The van der Waals surface area contributed by atoms with Gasteiger partial charge in [0.05, 0.1) is 5.69 Å². The minimum atomic E-state index is -1.31. The first kappa shape index (κ1) is 10.2. The zero-order chi connectivity index (χ0) is 11.5. The van der Waals surface area contributed by atoms with E-state index in [0.29, 0.717) is 5.69 Å². The van der Waals surface area contributed by atoms with Crippen LogP contribution in [0.1, 0.15) is 10.4 Å². The molecule has 0 spiro atoms. The van der Waals surface area contributed by atoms with Gasteiger partial charge in [-0.15, -0.1) is 0 Å². The molecule has 0 amide bonds. The van der Waals surface area contributed by atoms with Gasteiger partial charge in [-0.05, 0) is 12.1 Å². The second kappa shape index (κ2) is 4.06. The average Bonchev–Trinajstić information content (AvgIpc) is 2.29.